The van der Waals surface area contributed by atoms with E-state index in [4.69, 9.17) is 19.6 Å². The lowest BCUT2D eigenvalue weighted by atomic mass is 9.79. The van der Waals surface area contributed by atoms with E-state index in [0.29, 0.717) is 24.0 Å². The van der Waals surface area contributed by atoms with Gasteiger partial charge < -0.3 is 14.2 Å². The number of nitrogens with zero attached hydrogens (tertiary/aromatic N) is 2. The fraction of sp³-hybridized carbons (Fsp3) is 0.421. The Morgan fingerprint density at radius 3 is 2.88 bits per heavy atom. The molecule has 0 saturated heterocycles. The lowest BCUT2D eigenvalue weighted by Crippen LogP contribution is -2.31. The highest BCUT2D eigenvalue weighted by Gasteiger charge is 2.40. The van der Waals surface area contributed by atoms with E-state index < -0.39 is 5.92 Å². The van der Waals surface area contributed by atoms with Gasteiger partial charge in [-0.25, -0.2) is 0 Å². The molecule has 136 valence electrons. The van der Waals surface area contributed by atoms with Gasteiger partial charge in [-0.05, 0) is 31.0 Å². The number of benzene rings is 1. The number of hydrogen-bond acceptors (Lipinski definition) is 6. The topological polar surface area (TPSA) is 104 Å². The summed E-state index contributed by atoms with van der Waals surface area (Å²) < 4.78 is 16.7. The van der Waals surface area contributed by atoms with Crippen molar-refractivity contribution in [3.05, 3.63) is 35.0 Å². The van der Waals surface area contributed by atoms with Crippen LogP contribution in [0.3, 0.4) is 0 Å². The molecule has 1 aromatic carbocycles. The average Bonchev–Trinajstić information content (AvgIpc) is 3.01. The first kappa shape index (κ1) is 17.8. The SMILES string of the molecule is CCCCOc1ccc(C2c3c(n[nH]c3C)OC(=N)C2C#N)cc1OC. The predicted octanol–water partition coefficient (Wildman–Crippen LogP) is 3.55. The second kappa shape index (κ2) is 7.48. The van der Waals surface area contributed by atoms with Crippen molar-refractivity contribution in [1.29, 1.82) is 10.7 Å². The van der Waals surface area contributed by atoms with Gasteiger partial charge in [-0.1, -0.05) is 19.4 Å². The van der Waals surface area contributed by atoms with Gasteiger partial charge in [0.1, 0.15) is 5.92 Å². The first-order valence-electron chi connectivity index (χ1n) is 8.62. The monoisotopic (exact) mass is 354 g/mol. The average molecular weight is 354 g/mol. The third-order valence-corrected chi connectivity index (χ3v) is 4.53. The Balaban J connectivity index is 2.02. The zero-order valence-electron chi connectivity index (χ0n) is 15.1. The standard InChI is InChI=1S/C19H22N4O3/c1-4-5-8-25-14-7-6-12(9-15(14)24-3)17-13(10-20)18(21)26-19-16(17)11(2)22-23-19/h6-7,9,13,17,21H,4-5,8H2,1-3H3,(H,22,23). The summed E-state index contributed by atoms with van der Waals surface area (Å²) in [6.07, 6.45) is 2.02. The van der Waals surface area contributed by atoms with Crippen LogP contribution in [0.25, 0.3) is 0 Å². The van der Waals surface area contributed by atoms with E-state index in [1.54, 1.807) is 7.11 Å². The molecule has 0 spiro atoms. The van der Waals surface area contributed by atoms with Crippen molar-refractivity contribution in [2.45, 2.75) is 32.6 Å². The number of ether oxygens (including phenoxy) is 3. The molecule has 7 nitrogen and oxygen atoms in total. The quantitative estimate of drug-likeness (QED) is 0.772. The molecule has 2 heterocycles. The van der Waals surface area contributed by atoms with Crippen molar-refractivity contribution in [3.63, 3.8) is 0 Å². The first-order chi connectivity index (χ1) is 12.6. The van der Waals surface area contributed by atoms with Crippen LogP contribution in [-0.2, 0) is 0 Å². The van der Waals surface area contributed by atoms with Crippen molar-refractivity contribution in [2.75, 3.05) is 13.7 Å². The van der Waals surface area contributed by atoms with E-state index >= 15 is 0 Å². The zero-order chi connectivity index (χ0) is 18.7. The van der Waals surface area contributed by atoms with Crippen LogP contribution in [0.5, 0.6) is 17.4 Å². The van der Waals surface area contributed by atoms with Crippen LogP contribution in [0.2, 0.25) is 0 Å². The molecule has 0 radical (unpaired) electrons. The van der Waals surface area contributed by atoms with E-state index in [9.17, 15) is 5.26 Å². The van der Waals surface area contributed by atoms with Crippen LogP contribution in [0.15, 0.2) is 18.2 Å². The van der Waals surface area contributed by atoms with Gasteiger partial charge in [0.25, 0.3) is 0 Å². The number of nitrogens with one attached hydrogen (secondary N) is 2. The van der Waals surface area contributed by atoms with Crippen molar-refractivity contribution in [1.82, 2.24) is 10.2 Å². The predicted molar refractivity (Wildman–Crippen MR) is 96.0 cm³/mol. The number of fused-ring (bicyclic) bond motifs is 1. The van der Waals surface area contributed by atoms with Gasteiger partial charge in [0.15, 0.2) is 11.5 Å². The number of aromatic nitrogens is 2. The minimum absolute atomic E-state index is 0.0984. The van der Waals surface area contributed by atoms with Gasteiger partial charge in [0, 0.05) is 17.2 Å². The molecule has 2 atom stereocenters. The lowest BCUT2D eigenvalue weighted by Gasteiger charge is -2.28. The highest BCUT2D eigenvalue weighted by Crippen LogP contribution is 2.44. The van der Waals surface area contributed by atoms with Crippen LogP contribution >= 0.6 is 0 Å². The maximum Gasteiger partial charge on any atom is 0.243 e. The van der Waals surface area contributed by atoms with E-state index in [1.807, 2.05) is 25.1 Å². The minimum atomic E-state index is -0.727. The van der Waals surface area contributed by atoms with Gasteiger partial charge >= 0.3 is 0 Å². The fourth-order valence-electron chi connectivity index (χ4n) is 3.16. The summed E-state index contributed by atoms with van der Waals surface area (Å²) in [4.78, 5) is 0. The largest absolute Gasteiger partial charge is 0.493 e. The molecular formula is C19H22N4O3. The molecule has 1 aromatic heterocycles. The van der Waals surface area contributed by atoms with E-state index in [0.717, 1.165) is 29.7 Å². The molecule has 2 unspecified atom stereocenters. The Hall–Kier alpha value is -3.01. The lowest BCUT2D eigenvalue weighted by molar-refractivity contribution is 0.288. The second-order valence-electron chi connectivity index (χ2n) is 6.23. The maximum atomic E-state index is 9.61. The number of H-pyrrole nitrogens is 1. The number of aryl methyl sites for hydroxylation is 1. The minimum Gasteiger partial charge on any atom is -0.493 e. The van der Waals surface area contributed by atoms with Crippen LogP contribution < -0.4 is 14.2 Å². The summed E-state index contributed by atoms with van der Waals surface area (Å²) in [5.41, 5.74) is 2.48. The molecule has 0 fully saturated rings. The molecule has 0 bridgehead atoms. The number of nitriles is 1. The molecule has 0 saturated carbocycles. The summed E-state index contributed by atoms with van der Waals surface area (Å²) in [6, 6.07) is 7.82. The number of rotatable bonds is 6. The fourth-order valence-corrected chi connectivity index (χ4v) is 3.16. The van der Waals surface area contributed by atoms with E-state index in [-0.39, 0.29) is 11.8 Å². The molecule has 2 aromatic rings. The van der Waals surface area contributed by atoms with Crippen molar-refractivity contribution in [3.8, 4) is 23.4 Å². The van der Waals surface area contributed by atoms with Crippen LogP contribution in [-0.4, -0.2) is 29.8 Å². The molecule has 0 aliphatic carbocycles. The van der Waals surface area contributed by atoms with Gasteiger partial charge in [0.2, 0.25) is 11.8 Å². The van der Waals surface area contributed by atoms with Crippen LogP contribution in [0.1, 0.15) is 42.5 Å². The Bertz CT molecular complexity index is 853. The van der Waals surface area contributed by atoms with Crippen LogP contribution in [0, 0.1) is 29.6 Å². The van der Waals surface area contributed by atoms with Gasteiger partial charge in [0.05, 0.1) is 19.8 Å². The molecule has 1 aliphatic rings. The summed E-state index contributed by atoms with van der Waals surface area (Å²) >= 11 is 0. The second-order valence-corrected chi connectivity index (χ2v) is 6.23. The van der Waals surface area contributed by atoms with E-state index in [2.05, 4.69) is 23.2 Å². The zero-order valence-corrected chi connectivity index (χ0v) is 15.1. The molecule has 0 amide bonds. The van der Waals surface area contributed by atoms with Crippen molar-refractivity contribution >= 4 is 5.90 Å². The smallest absolute Gasteiger partial charge is 0.243 e. The number of hydrogen-bond donors (Lipinski definition) is 2. The summed E-state index contributed by atoms with van der Waals surface area (Å²) in [6.45, 7) is 4.61. The van der Waals surface area contributed by atoms with Crippen molar-refractivity contribution in [2.24, 2.45) is 5.92 Å². The maximum absolute atomic E-state index is 9.61. The highest BCUT2D eigenvalue weighted by molar-refractivity contribution is 5.84. The molecule has 2 N–H and O–H groups in total. The van der Waals surface area contributed by atoms with E-state index in [1.165, 1.54) is 0 Å². The van der Waals surface area contributed by atoms with Gasteiger partial charge in [-0.2, -0.15) is 5.26 Å². The molecule has 3 rings (SSSR count). The first-order valence-corrected chi connectivity index (χ1v) is 8.62. The summed E-state index contributed by atoms with van der Waals surface area (Å²) in [5.74, 6) is 0.453. The van der Waals surface area contributed by atoms with Gasteiger partial charge in [-0.15, -0.1) is 5.10 Å². The number of unbranched alkanes of at least 4 members (excludes halogenated alkanes) is 1. The normalized spacial score (nSPS) is 18.6. The third-order valence-electron chi connectivity index (χ3n) is 4.53. The molecule has 26 heavy (non-hydrogen) atoms. The Morgan fingerprint density at radius 1 is 1.38 bits per heavy atom. The van der Waals surface area contributed by atoms with Crippen molar-refractivity contribution < 1.29 is 14.2 Å². The van der Waals surface area contributed by atoms with Crippen LogP contribution in [0.4, 0.5) is 0 Å². The molecule has 1 aliphatic heterocycles. The molecular weight excluding hydrogens is 332 g/mol. The molecule has 7 heteroatoms. The number of methoxy groups -OCH3 is 1. The summed E-state index contributed by atoms with van der Waals surface area (Å²) in [7, 11) is 1.59. The highest BCUT2D eigenvalue weighted by atomic mass is 16.5. The van der Waals surface area contributed by atoms with Gasteiger partial charge in [-0.3, -0.25) is 10.5 Å². The Labute approximate surface area is 152 Å². The Morgan fingerprint density at radius 2 is 2.19 bits per heavy atom. The number of aromatic amines is 1. The summed E-state index contributed by atoms with van der Waals surface area (Å²) in [5, 5.41) is 24.7. The Kier molecular flexibility index (Phi) is 5.12. The third kappa shape index (κ3) is 3.10.